The maximum Gasteiger partial charge on any atom is 0.356 e. The predicted molar refractivity (Wildman–Crippen MR) is 66.6 cm³/mol. The number of carbonyl (C=O) groups excluding carboxylic acids is 1. The van der Waals surface area contributed by atoms with E-state index in [0.29, 0.717) is 13.0 Å². The molecule has 0 bridgehead atoms. The van der Waals surface area contributed by atoms with Crippen LogP contribution in [0, 0.1) is 17.8 Å². The average Bonchev–Trinajstić information content (AvgIpc) is 2.81. The van der Waals surface area contributed by atoms with E-state index in [-0.39, 0.29) is 17.5 Å². The zero-order valence-corrected chi connectivity index (χ0v) is 10.6. The van der Waals surface area contributed by atoms with Crippen molar-refractivity contribution in [3.8, 4) is 0 Å². The van der Waals surface area contributed by atoms with E-state index in [2.05, 4.69) is 15.5 Å². The van der Waals surface area contributed by atoms with Gasteiger partial charge in [0, 0.05) is 24.6 Å². The van der Waals surface area contributed by atoms with Crippen LogP contribution in [0.4, 0.5) is 0 Å². The Balaban J connectivity index is 1.42. The maximum absolute atomic E-state index is 11.9. The number of aromatic amines is 1. The molecule has 102 valence electrons. The summed E-state index contributed by atoms with van der Waals surface area (Å²) in [7, 11) is 0. The van der Waals surface area contributed by atoms with E-state index < -0.39 is 5.97 Å². The van der Waals surface area contributed by atoms with Gasteiger partial charge in [-0.15, -0.1) is 0 Å². The van der Waals surface area contributed by atoms with Gasteiger partial charge in [0.05, 0.1) is 0 Å². The molecule has 1 unspecified atom stereocenters. The van der Waals surface area contributed by atoms with Crippen molar-refractivity contribution in [2.75, 3.05) is 6.54 Å². The minimum atomic E-state index is -1.04. The molecule has 2 saturated carbocycles. The number of carboxylic acid groups (broad SMARTS) is 1. The number of carboxylic acids is 1. The number of amides is 1. The van der Waals surface area contributed by atoms with Crippen LogP contribution in [-0.4, -0.2) is 33.7 Å². The molecule has 3 atom stereocenters. The van der Waals surface area contributed by atoms with Crippen molar-refractivity contribution in [2.24, 2.45) is 17.8 Å². The predicted octanol–water partition coefficient (Wildman–Crippen LogP) is 0.813. The molecule has 3 rings (SSSR count). The Morgan fingerprint density at radius 2 is 2.11 bits per heavy atom. The first kappa shape index (κ1) is 12.2. The van der Waals surface area contributed by atoms with Gasteiger partial charge < -0.3 is 10.4 Å². The molecule has 1 heterocycles. The van der Waals surface area contributed by atoms with Crippen LogP contribution in [0.2, 0.25) is 0 Å². The van der Waals surface area contributed by atoms with E-state index in [4.69, 9.17) is 5.11 Å². The van der Waals surface area contributed by atoms with Crippen molar-refractivity contribution < 1.29 is 14.7 Å². The van der Waals surface area contributed by atoms with Crippen molar-refractivity contribution in [3.63, 3.8) is 0 Å². The van der Waals surface area contributed by atoms with Gasteiger partial charge in [0.15, 0.2) is 5.69 Å². The number of hydrogen-bond acceptors (Lipinski definition) is 3. The van der Waals surface area contributed by atoms with E-state index in [1.54, 1.807) is 0 Å². The molecule has 0 radical (unpaired) electrons. The molecule has 0 saturated heterocycles. The summed E-state index contributed by atoms with van der Waals surface area (Å²) in [6, 6.07) is 1.50. The third-order valence-electron chi connectivity index (χ3n) is 4.16. The first-order valence-corrected chi connectivity index (χ1v) is 6.69. The normalized spacial score (nSPS) is 27.9. The molecule has 0 aromatic carbocycles. The van der Waals surface area contributed by atoms with Crippen LogP contribution >= 0.6 is 0 Å². The van der Waals surface area contributed by atoms with Gasteiger partial charge in [-0.1, -0.05) is 0 Å². The van der Waals surface area contributed by atoms with Gasteiger partial charge in [-0.3, -0.25) is 9.89 Å². The van der Waals surface area contributed by atoms with E-state index in [1.807, 2.05) is 0 Å². The zero-order valence-electron chi connectivity index (χ0n) is 10.6. The minimum Gasteiger partial charge on any atom is -0.476 e. The lowest BCUT2D eigenvalue weighted by atomic mass is 10.0. The Morgan fingerprint density at radius 3 is 2.74 bits per heavy atom. The number of fused-ring (bicyclic) bond motifs is 1. The lowest BCUT2D eigenvalue weighted by Gasteiger charge is -2.11. The fourth-order valence-electron chi connectivity index (χ4n) is 2.99. The molecule has 0 aliphatic heterocycles. The number of carbonyl (C=O) groups is 2. The van der Waals surface area contributed by atoms with Crippen molar-refractivity contribution in [2.45, 2.75) is 25.7 Å². The molecule has 2 fully saturated rings. The Morgan fingerprint density at radius 1 is 1.37 bits per heavy atom. The van der Waals surface area contributed by atoms with Crippen LogP contribution in [0.15, 0.2) is 6.07 Å². The summed E-state index contributed by atoms with van der Waals surface area (Å²) in [6.07, 6.45) is 3.98. The summed E-state index contributed by atoms with van der Waals surface area (Å²) in [5.41, 5.74) is 0.740. The largest absolute Gasteiger partial charge is 0.476 e. The Kier molecular flexibility index (Phi) is 3.00. The smallest absolute Gasteiger partial charge is 0.356 e. The van der Waals surface area contributed by atoms with Crippen LogP contribution in [0.1, 0.15) is 35.4 Å². The SMILES string of the molecule is O=C(O)c1cc(CCNC(=O)C2C[C@@H]3C[C@@H]3C2)[nH]n1. The molecule has 1 aromatic heterocycles. The van der Waals surface area contributed by atoms with Crippen molar-refractivity contribution in [3.05, 3.63) is 17.5 Å². The topological polar surface area (TPSA) is 95.1 Å². The monoisotopic (exact) mass is 263 g/mol. The van der Waals surface area contributed by atoms with E-state index in [9.17, 15) is 9.59 Å². The molecule has 0 spiro atoms. The van der Waals surface area contributed by atoms with Crippen LogP contribution in [0.5, 0.6) is 0 Å². The van der Waals surface area contributed by atoms with Gasteiger partial charge in [0.25, 0.3) is 0 Å². The quantitative estimate of drug-likeness (QED) is 0.732. The lowest BCUT2D eigenvalue weighted by Crippen LogP contribution is -2.31. The Bertz CT molecular complexity index is 501. The zero-order chi connectivity index (χ0) is 13.4. The molecule has 2 aliphatic carbocycles. The lowest BCUT2D eigenvalue weighted by molar-refractivity contribution is -0.125. The van der Waals surface area contributed by atoms with Gasteiger partial charge in [0.1, 0.15) is 0 Å². The van der Waals surface area contributed by atoms with Gasteiger partial charge >= 0.3 is 5.97 Å². The second kappa shape index (κ2) is 4.68. The highest BCUT2D eigenvalue weighted by molar-refractivity contribution is 5.85. The Hall–Kier alpha value is -1.85. The standard InChI is InChI=1S/C13H17N3O3/c17-12(9-4-7-3-8(7)5-9)14-2-1-10-6-11(13(18)19)16-15-10/h6-9H,1-5H2,(H,14,17)(H,15,16)(H,18,19)/t7-,8+,9?. The number of H-pyrrole nitrogens is 1. The van der Waals surface area contributed by atoms with Crippen LogP contribution in [-0.2, 0) is 11.2 Å². The number of nitrogens with zero attached hydrogens (tertiary/aromatic N) is 1. The number of rotatable bonds is 5. The van der Waals surface area contributed by atoms with Crippen LogP contribution in [0.3, 0.4) is 0 Å². The molecule has 1 aromatic rings. The number of hydrogen-bond donors (Lipinski definition) is 3. The number of nitrogens with one attached hydrogen (secondary N) is 2. The van der Waals surface area contributed by atoms with Gasteiger partial charge in [0.2, 0.25) is 5.91 Å². The van der Waals surface area contributed by atoms with Crippen molar-refractivity contribution in [1.82, 2.24) is 15.5 Å². The summed E-state index contributed by atoms with van der Waals surface area (Å²) < 4.78 is 0. The van der Waals surface area contributed by atoms with E-state index in [0.717, 1.165) is 30.4 Å². The van der Waals surface area contributed by atoms with Crippen LogP contribution in [0.25, 0.3) is 0 Å². The molecule has 3 N–H and O–H groups in total. The molecular weight excluding hydrogens is 246 g/mol. The Labute approximate surface area is 110 Å². The first-order chi connectivity index (χ1) is 9.13. The molecule has 19 heavy (non-hydrogen) atoms. The highest BCUT2D eigenvalue weighted by Crippen LogP contribution is 2.54. The molecule has 6 heteroatoms. The van der Waals surface area contributed by atoms with Crippen molar-refractivity contribution >= 4 is 11.9 Å². The summed E-state index contributed by atoms with van der Waals surface area (Å²) in [6.45, 7) is 0.520. The van der Waals surface area contributed by atoms with Crippen molar-refractivity contribution in [1.29, 1.82) is 0 Å². The summed E-state index contributed by atoms with van der Waals surface area (Å²) >= 11 is 0. The average molecular weight is 263 g/mol. The second-order valence-corrected chi connectivity index (χ2v) is 5.55. The first-order valence-electron chi connectivity index (χ1n) is 6.69. The third kappa shape index (κ3) is 2.62. The van der Waals surface area contributed by atoms with E-state index >= 15 is 0 Å². The second-order valence-electron chi connectivity index (χ2n) is 5.55. The molecule has 6 nitrogen and oxygen atoms in total. The number of aromatic nitrogens is 2. The molecule has 1 amide bonds. The van der Waals surface area contributed by atoms with Gasteiger partial charge in [-0.2, -0.15) is 5.10 Å². The van der Waals surface area contributed by atoms with Gasteiger partial charge in [-0.05, 0) is 37.2 Å². The number of aromatic carboxylic acids is 1. The molecular formula is C13H17N3O3. The fourth-order valence-corrected chi connectivity index (χ4v) is 2.99. The highest BCUT2D eigenvalue weighted by atomic mass is 16.4. The minimum absolute atomic E-state index is 0.0113. The van der Waals surface area contributed by atoms with Gasteiger partial charge in [-0.25, -0.2) is 4.79 Å². The van der Waals surface area contributed by atoms with E-state index in [1.165, 1.54) is 12.5 Å². The summed E-state index contributed by atoms with van der Waals surface area (Å²) in [4.78, 5) is 22.5. The highest BCUT2D eigenvalue weighted by Gasteiger charge is 2.47. The maximum atomic E-state index is 11.9. The summed E-state index contributed by atoms with van der Waals surface area (Å²) in [5, 5.41) is 18.0. The fraction of sp³-hybridized carbons (Fsp3) is 0.615. The van der Waals surface area contributed by atoms with Crippen LogP contribution < -0.4 is 5.32 Å². The third-order valence-corrected chi connectivity index (χ3v) is 4.16. The summed E-state index contributed by atoms with van der Waals surface area (Å²) in [5.74, 6) is 0.907. The molecule has 2 aliphatic rings.